The molecule has 4 nitrogen and oxygen atoms in total. The van der Waals surface area contributed by atoms with Gasteiger partial charge in [0.05, 0.1) is 11.6 Å². The standard InChI is InChI=1S/C15H20N2O2/c1-12-14(16-10-18)8-5-9-15(12,17-11-19)13-6-3-2-4-7-13/h13-14H,1-9H2. The lowest BCUT2D eigenvalue weighted by atomic mass is 9.64. The highest BCUT2D eigenvalue weighted by Crippen LogP contribution is 2.47. The normalized spacial score (nSPS) is 32.2. The third-order valence-electron chi connectivity index (χ3n) is 4.73. The van der Waals surface area contributed by atoms with E-state index in [0.717, 1.165) is 37.7 Å². The zero-order valence-corrected chi connectivity index (χ0v) is 11.2. The van der Waals surface area contributed by atoms with E-state index < -0.39 is 5.54 Å². The molecule has 0 radical (unpaired) electrons. The monoisotopic (exact) mass is 260 g/mol. The van der Waals surface area contributed by atoms with Crippen molar-refractivity contribution in [3.8, 4) is 0 Å². The highest BCUT2D eigenvalue weighted by molar-refractivity contribution is 5.42. The summed E-state index contributed by atoms with van der Waals surface area (Å²) in [6.07, 6.45) is 11.7. The third kappa shape index (κ3) is 2.60. The summed E-state index contributed by atoms with van der Waals surface area (Å²) in [6, 6.07) is -0.231. The summed E-state index contributed by atoms with van der Waals surface area (Å²) < 4.78 is 0. The van der Waals surface area contributed by atoms with Crippen molar-refractivity contribution in [3.05, 3.63) is 12.2 Å². The quantitative estimate of drug-likeness (QED) is 0.445. The lowest BCUT2D eigenvalue weighted by Crippen LogP contribution is -2.45. The number of isocyanates is 2. The number of rotatable bonds is 3. The summed E-state index contributed by atoms with van der Waals surface area (Å²) in [5.41, 5.74) is 0.281. The molecule has 0 spiro atoms. The van der Waals surface area contributed by atoms with Gasteiger partial charge in [0.25, 0.3) is 0 Å². The van der Waals surface area contributed by atoms with Crippen molar-refractivity contribution in [2.24, 2.45) is 15.9 Å². The molecule has 0 aromatic heterocycles. The zero-order valence-electron chi connectivity index (χ0n) is 11.2. The number of nitrogens with zero attached hydrogens (tertiary/aromatic N) is 2. The van der Waals surface area contributed by atoms with Gasteiger partial charge in [-0.2, -0.15) is 9.98 Å². The minimum atomic E-state index is -0.536. The number of hydrogen-bond acceptors (Lipinski definition) is 4. The Bertz CT molecular complexity index is 441. The van der Waals surface area contributed by atoms with Crippen LogP contribution in [0.3, 0.4) is 0 Å². The molecule has 2 rings (SSSR count). The predicted octanol–water partition coefficient (Wildman–Crippen LogP) is 3.09. The van der Waals surface area contributed by atoms with Crippen molar-refractivity contribution >= 4 is 12.2 Å². The maximum Gasteiger partial charge on any atom is 0.235 e. The molecule has 2 fully saturated rings. The first-order valence-corrected chi connectivity index (χ1v) is 7.10. The van der Waals surface area contributed by atoms with Crippen LogP contribution in [0.4, 0.5) is 0 Å². The molecule has 0 saturated heterocycles. The van der Waals surface area contributed by atoms with Gasteiger partial charge in [-0.1, -0.05) is 25.8 Å². The fourth-order valence-electron chi connectivity index (χ4n) is 3.74. The smallest absolute Gasteiger partial charge is 0.211 e. The van der Waals surface area contributed by atoms with Gasteiger partial charge < -0.3 is 0 Å². The summed E-state index contributed by atoms with van der Waals surface area (Å²) >= 11 is 0. The van der Waals surface area contributed by atoms with Gasteiger partial charge in [0.1, 0.15) is 0 Å². The molecule has 2 aliphatic carbocycles. The lowest BCUT2D eigenvalue weighted by molar-refractivity contribution is 0.199. The van der Waals surface area contributed by atoms with Crippen LogP contribution in [0.2, 0.25) is 0 Å². The molecular formula is C15H20N2O2. The van der Waals surface area contributed by atoms with E-state index in [0.29, 0.717) is 5.92 Å². The Morgan fingerprint density at radius 2 is 1.79 bits per heavy atom. The molecule has 0 aliphatic heterocycles. The summed E-state index contributed by atoms with van der Waals surface area (Å²) in [5.74, 6) is 0.347. The SMILES string of the molecule is C=C1C(N=C=O)CCCC1(N=C=O)C1CCCCC1. The molecule has 2 saturated carbocycles. The third-order valence-corrected chi connectivity index (χ3v) is 4.73. The second-order valence-electron chi connectivity index (χ2n) is 5.62. The second-order valence-corrected chi connectivity index (χ2v) is 5.62. The summed E-state index contributed by atoms with van der Waals surface area (Å²) in [7, 11) is 0. The van der Waals surface area contributed by atoms with E-state index in [1.165, 1.54) is 19.3 Å². The highest BCUT2D eigenvalue weighted by Gasteiger charge is 2.46. The maximum absolute atomic E-state index is 10.9. The Morgan fingerprint density at radius 1 is 1.05 bits per heavy atom. The Labute approximate surface area is 113 Å². The summed E-state index contributed by atoms with van der Waals surface area (Å²) in [5, 5.41) is 0. The average molecular weight is 260 g/mol. The van der Waals surface area contributed by atoms with Gasteiger partial charge in [0.15, 0.2) is 0 Å². The van der Waals surface area contributed by atoms with Crippen LogP contribution >= 0.6 is 0 Å². The Morgan fingerprint density at radius 3 is 2.42 bits per heavy atom. The van der Waals surface area contributed by atoms with E-state index in [4.69, 9.17) is 0 Å². The van der Waals surface area contributed by atoms with Gasteiger partial charge in [-0.15, -0.1) is 0 Å². The highest BCUT2D eigenvalue weighted by atomic mass is 16.1. The Kier molecular flexibility index (Phi) is 4.47. The van der Waals surface area contributed by atoms with Crippen LogP contribution in [0.1, 0.15) is 51.4 Å². The molecule has 0 bridgehead atoms. The van der Waals surface area contributed by atoms with Crippen LogP contribution < -0.4 is 0 Å². The van der Waals surface area contributed by atoms with E-state index in [1.807, 2.05) is 0 Å². The van der Waals surface area contributed by atoms with Crippen LogP contribution in [-0.2, 0) is 9.59 Å². The molecule has 102 valence electrons. The van der Waals surface area contributed by atoms with Gasteiger partial charge in [-0.3, -0.25) is 0 Å². The summed E-state index contributed by atoms with van der Waals surface area (Å²) in [6.45, 7) is 4.12. The van der Waals surface area contributed by atoms with Gasteiger partial charge in [0.2, 0.25) is 12.2 Å². The molecule has 2 atom stereocenters. The Hall–Kier alpha value is -1.50. The van der Waals surface area contributed by atoms with E-state index in [9.17, 15) is 9.59 Å². The minimum absolute atomic E-state index is 0.231. The van der Waals surface area contributed by atoms with Gasteiger partial charge in [-0.25, -0.2) is 9.59 Å². The molecule has 0 N–H and O–H groups in total. The van der Waals surface area contributed by atoms with Crippen molar-refractivity contribution in [1.82, 2.24) is 0 Å². The van der Waals surface area contributed by atoms with Gasteiger partial charge >= 0.3 is 0 Å². The van der Waals surface area contributed by atoms with Crippen molar-refractivity contribution < 1.29 is 9.59 Å². The van der Waals surface area contributed by atoms with Gasteiger partial charge in [0, 0.05) is 0 Å². The first-order valence-electron chi connectivity index (χ1n) is 7.10. The van der Waals surface area contributed by atoms with Crippen molar-refractivity contribution in [2.75, 3.05) is 0 Å². The van der Waals surface area contributed by atoms with E-state index >= 15 is 0 Å². The summed E-state index contributed by atoms with van der Waals surface area (Å²) in [4.78, 5) is 29.4. The largest absolute Gasteiger partial charge is 0.235 e. The molecule has 0 aromatic carbocycles. The number of carbonyl (C=O) groups excluding carboxylic acids is 2. The maximum atomic E-state index is 10.9. The molecule has 0 amide bonds. The van der Waals surface area contributed by atoms with Crippen LogP contribution in [-0.4, -0.2) is 23.7 Å². The molecule has 0 aromatic rings. The molecular weight excluding hydrogens is 240 g/mol. The molecule has 2 unspecified atom stereocenters. The van der Waals surface area contributed by atoms with Crippen LogP contribution in [0, 0.1) is 5.92 Å². The van der Waals surface area contributed by atoms with Crippen LogP contribution in [0.25, 0.3) is 0 Å². The second kappa shape index (κ2) is 6.10. The first-order chi connectivity index (χ1) is 9.24. The van der Waals surface area contributed by atoms with Gasteiger partial charge in [-0.05, 0) is 43.6 Å². The fourth-order valence-corrected chi connectivity index (χ4v) is 3.74. The van der Waals surface area contributed by atoms with E-state index in [-0.39, 0.29) is 6.04 Å². The minimum Gasteiger partial charge on any atom is -0.211 e. The van der Waals surface area contributed by atoms with E-state index in [2.05, 4.69) is 16.6 Å². The van der Waals surface area contributed by atoms with Crippen molar-refractivity contribution in [2.45, 2.75) is 62.9 Å². The molecule has 19 heavy (non-hydrogen) atoms. The molecule has 2 aliphatic rings. The number of hydrogen-bond donors (Lipinski definition) is 0. The Balaban J connectivity index is 2.33. The van der Waals surface area contributed by atoms with Crippen LogP contribution in [0.15, 0.2) is 22.1 Å². The topological polar surface area (TPSA) is 58.9 Å². The zero-order chi connectivity index (χ0) is 13.7. The van der Waals surface area contributed by atoms with E-state index in [1.54, 1.807) is 12.2 Å². The predicted molar refractivity (Wildman–Crippen MR) is 72.3 cm³/mol. The lowest BCUT2D eigenvalue weighted by Gasteiger charge is -2.44. The fraction of sp³-hybridized carbons (Fsp3) is 0.733. The van der Waals surface area contributed by atoms with Crippen molar-refractivity contribution in [1.29, 1.82) is 0 Å². The molecule has 0 heterocycles. The average Bonchev–Trinajstić information content (AvgIpc) is 2.45. The van der Waals surface area contributed by atoms with Crippen LogP contribution in [0.5, 0.6) is 0 Å². The number of aliphatic imine (C=N–C) groups is 2. The first kappa shape index (κ1) is 13.9. The van der Waals surface area contributed by atoms with Crippen molar-refractivity contribution in [3.63, 3.8) is 0 Å². The molecule has 4 heteroatoms.